The highest BCUT2D eigenvalue weighted by molar-refractivity contribution is 7.19. The monoisotopic (exact) mass is 230 g/mol. The minimum absolute atomic E-state index is 0.177. The normalized spacial score (nSPS) is 14.1. The van der Waals surface area contributed by atoms with E-state index < -0.39 is 7.38 Å². The molecule has 1 rings (SSSR count). The Bertz CT molecular complexity index is 289. The molecular weight excluding hydrogens is 215 g/mol. The van der Waals surface area contributed by atoms with E-state index in [9.17, 15) is 4.39 Å². The second kappa shape index (κ2) is 4.45. The van der Waals surface area contributed by atoms with Gasteiger partial charge in [0, 0.05) is 0 Å². The Labute approximate surface area is 90.8 Å². The summed E-state index contributed by atoms with van der Waals surface area (Å²) in [6.45, 7) is 6.41. The van der Waals surface area contributed by atoms with Gasteiger partial charge in [0.1, 0.15) is 5.82 Å². The number of benzene rings is 1. The molecule has 1 aromatic rings. The van der Waals surface area contributed by atoms with Crippen molar-refractivity contribution >= 4 is 18.5 Å². The van der Waals surface area contributed by atoms with E-state index in [0.29, 0.717) is 5.92 Å². The molecule has 0 aliphatic rings. The lowest BCUT2D eigenvalue weighted by Crippen LogP contribution is -2.18. The van der Waals surface area contributed by atoms with Crippen LogP contribution in [0.4, 0.5) is 4.39 Å². The van der Waals surface area contributed by atoms with Gasteiger partial charge in [-0.1, -0.05) is 32.2 Å². The molecule has 0 aromatic heterocycles. The Balaban J connectivity index is 2.70. The fraction of sp³-hybridized carbons (Fsp3) is 0.455. The number of hydrogen-bond donors (Lipinski definition) is 0. The van der Waals surface area contributed by atoms with Gasteiger partial charge in [0.05, 0.1) is 0 Å². The van der Waals surface area contributed by atoms with Crippen molar-refractivity contribution in [3.63, 3.8) is 0 Å². The zero-order chi connectivity index (χ0) is 10.8. The minimum atomic E-state index is -1.54. The van der Waals surface area contributed by atoms with Crippen LogP contribution in [0.15, 0.2) is 24.3 Å². The van der Waals surface area contributed by atoms with Gasteiger partial charge < -0.3 is 0 Å². The molecule has 0 saturated heterocycles. The third kappa shape index (κ3) is 3.80. The van der Waals surface area contributed by atoms with Crippen LogP contribution < -0.4 is 0 Å². The van der Waals surface area contributed by atoms with Gasteiger partial charge in [-0.15, -0.1) is 0 Å². The second-order valence-corrected chi connectivity index (χ2v) is 11.3. The van der Waals surface area contributed by atoms with Crippen LogP contribution in [0.5, 0.6) is 0 Å². The summed E-state index contributed by atoms with van der Waals surface area (Å²) in [7, 11) is -1.54. The summed E-state index contributed by atoms with van der Waals surface area (Å²) < 4.78 is 12.7. The average molecular weight is 231 g/mol. The average Bonchev–Trinajstić information content (AvgIpc) is 2.02. The molecule has 0 aliphatic heterocycles. The third-order valence-corrected chi connectivity index (χ3v) is 4.28. The minimum Gasteiger partial charge on any atom is -0.207 e. The fourth-order valence-corrected chi connectivity index (χ4v) is 4.02. The van der Waals surface area contributed by atoms with Crippen molar-refractivity contribution in [1.29, 1.82) is 0 Å². The van der Waals surface area contributed by atoms with Crippen LogP contribution in [0.1, 0.15) is 18.4 Å². The lowest BCUT2D eigenvalue weighted by molar-refractivity contribution is 0.626. The smallest absolute Gasteiger partial charge is 0.151 e. The number of hydrogen-bond acceptors (Lipinski definition) is 0. The fourth-order valence-electron chi connectivity index (χ4n) is 1.64. The molecule has 0 bridgehead atoms. The lowest BCUT2D eigenvalue weighted by Gasteiger charge is -2.19. The first-order valence-corrected chi connectivity index (χ1v) is 9.05. The Morgan fingerprint density at radius 1 is 1.29 bits per heavy atom. The van der Waals surface area contributed by atoms with Crippen LogP contribution in [-0.2, 0) is 0 Å². The van der Waals surface area contributed by atoms with Crippen molar-refractivity contribution in [2.45, 2.75) is 32.0 Å². The molecule has 0 amide bonds. The molecule has 1 aromatic carbocycles. The van der Waals surface area contributed by atoms with E-state index in [1.54, 1.807) is 0 Å². The maximum absolute atomic E-state index is 12.7. The number of halogens is 2. The van der Waals surface area contributed by atoms with E-state index in [1.165, 1.54) is 17.7 Å². The highest BCUT2D eigenvalue weighted by Gasteiger charge is 2.21. The Hall–Kier alpha value is -0.343. The van der Waals surface area contributed by atoms with Gasteiger partial charge in [-0.3, -0.25) is 0 Å². The molecule has 0 aliphatic carbocycles. The molecule has 0 N–H and O–H groups in total. The zero-order valence-electron chi connectivity index (χ0n) is 8.85. The molecule has 1 atom stereocenters. The van der Waals surface area contributed by atoms with Crippen molar-refractivity contribution < 1.29 is 4.39 Å². The van der Waals surface area contributed by atoms with E-state index in [-0.39, 0.29) is 5.82 Å². The summed E-state index contributed by atoms with van der Waals surface area (Å²) in [5.74, 6) is 0.248. The molecule has 0 heterocycles. The summed E-state index contributed by atoms with van der Waals surface area (Å²) in [5, 5.41) is 0. The topological polar surface area (TPSA) is 0 Å². The van der Waals surface area contributed by atoms with Gasteiger partial charge in [-0.05, 0) is 29.7 Å². The standard InChI is InChI=1S/C11H16ClFSi/c1-9(8-14(2,3)12)10-4-6-11(13)7-5-10/h4-7,9H,8H2,1-3H3. The van der Waals surface area contributed by atoms with E-state index in [0.717, 1.165) is 6.04 Å². The maximum Gasteiger partial charge on any atom is 0.151 e. The lowest BCUT2D eigenvalue weighted by atomic mass is 10.0. The van der Waals surface area contributed by atoms with Crippen molar-refractivity contribution in [1.82, 2.24) is 0 Å². The summed E-state index contributed by atoms with van der Waals surface area (Å²) >= 11 is 6.27. The van der Waals surface area contributed by atoms with Gasteiger partial charge >= 0.3 is 0 Å². The number of rotatable bonds is 3. The van der Waals surface area contributed by atoms with E-state index in [2.05, 4.69) is 20.0 Å². The quantitative estimate of drug-likeness (QED) is 0.534. The van der Waals surface area contributed by atoms with Crippen LogP contribution in [0.2, 0.25) is 19.1 Å². The SMILES string of the molecule is CC(C[Si](C)(C)Cl)c1ccc(F)cc1. The molecule has 3 heteroatoms. The highest BCUT2D eigenvalue weighted by atomic mass is 35.6. The van der Waals surface area contributed by atoms with E-state index in [1.807, 2.05) is 12.1 Å². The largest absolute Gasteiger partial charge is 0.207 e. The molecular formula is C11H16ClFSi. The van der Waals surface area contributed by atoms with E-state index in [4.69, 9.17) is 11.1 Å². The van der Waals surface area contributed by atoms with Crippen LogP contribution in [-0.4, -0.2) is 7.38 Å². The van der Waals surface area contributed by atoms with Crippen LogP contribution in [0.25, 0.3) is 0 Å². The second-order valence-electron chi connectivity index (χ2n) is 4.38. The van der Waals surface area contributed by atoms with E-state index >= 15 is 0 Å². The van der Waals surface area contributed by atoms with Crippen molar-refractivity contribution in [3.05, 3.63) is 35.6 Å². The summed E-state index contributed by atoms with van der Waals surface area (Å²) in [6, 6.07) is 7.73. The first kappa shape index (κ1) is 11.7. The van der Waals surface area contributed by atoms with Gasteiger partial charge in [-0.2, -0.15) is 11.1 Å². The Morgan fingerprint density at radius 3 is 2.21 bits per heavy atom. The molecule has 0 radical (unpaired) electrons. The maximum atomic E-state index is 12.7. The first-order valence-electron chi connectivity index (χ1n) is 4.83. The van der Waals surface area contributed by atoms with Gasteiger partial charge in [-0.25, -0.2) is 4.39 Å². The molecule has 0 nitrogen and oxygen atoms in total. The van der Waals surface area contributed by atoms with Gasteiger partial charge in [0.2, 0.25) is 0 Å². The molecule has 78 valence electrons. The molecule has 0 saturated carbocycles. The zero-order valence-corrected chi connectivity index (χ0v) is 10.6. The Morgan fingerprint density at radius 2 is 1.79 bits per heavy atom. The van der Waals surface area contributed by atoms with Crippen LogP contribution in [0.3, 0.4) is 0 Å². The third-order valence-electron chi connectivity index (χ3n) is 2.23. The van der Waals surface area contributed by atoms with Gasteiger partial charge in [0.15, 0.2) is 7.38 Å². The Kier molecular flexibility index (Phi) is 3.73. The summed E-state index contributed by atoms with van der Waals surface area (Å²) in [6.07, 6.45) is 0. The van der Waals surface area contributed by atoms with Crippen LogP contribution >= 0.6 is 11.1 Å². The molecule has 0 fully saturated rings. The van der Waals surface area contributed by atoms with Crippen molar-refractivity contribution in [2.75, 3.05) is 0 Å². The van der Waals surface area contributed by atoms with Crippen molar-refractivity contribution in [2.24, 2.45) is 0 Å². The predicted octanol–water partition coefficient (Wildman–Crippen LogP) is 4.37. The molecule has 1 unspecified atom stereocenters. The summed E-state index contributed by atoms with van der Waals surface area (Å²) in [5.41, 5.74) is 1.17. The van der Waals surface area contributed by atoms with Crippen molar-refractivity contribution in [3.8, 4) is 0 Å². The predicted molar refractivity (Wildman–Crippen MR) is 63.0 cm³/mol. The molecule has 0 spiro atoms. The molecule has 14 heavy (non-hydrogen) atoms. The highest BCUT2D eigenvalue weighted by Crippen LogP contribution is 2.28. The van der Waals surface area contributed by atoms with Gasteiger partial charge in [0.25, 0.3) is 0 Å². The van der Waals surface area contributed by atoms with Crippen LogP contribution in [0, 0.1) is 5.82 Å². The first-order chi connectivity index (χ1) is 6.38. The summed E-state index contributed by atoms with van der Waals surface area (Å²) in [4.78, 5) is 0.